The number of nitrogens with one attached hydrogen (secondary N) is 2. The van der Waals surface area contributed by atoms with Gasteiger partial charge in [0.25, 0.3) is 0 Å². The van der Waals surface area contributed by atoms with Crippen LogP contribution >= 0.6 is 0 Å². The van der Waals surface area contributed by atoms with Crippen LogP contribution in [0.15, 0.2) is 53.9 Å². The summed E-state index contributed by atoms with van der Waals surface area (Å²) in [5.74, 6) is 0.615. The maximum atomic E-state index is 12.8. The minimum Gasteiger partial charge on any atom is -0.353 e. The first-order valence-corrected chi connectivity index (χ1v) is 11.4. The van der Waals surface area contributed by atoms with E-state index in [4.69, 9.17) is 0 Å². The molecule has 1 atom stereocenters. The molecule has 1 aliphatic rings. The minimum atomic E-state index is -4.69. The number of aromatic nitrogens is 2. The number of hydrogen-bond acceptors (Lipinski definition) is 3. The predicted octanol–water partition coefficient (Wildman–Crippen LogP) is 5.06. The van der Waals surface area contributed by atoms with Crippen molar-refractivity contribution in [3.8, 4) is 11.4 Å². The Bertz CT molecular complexity index is 1240. The fourth-order valence-electron chi connectivity index (χ4n) is 3.48. The first-order chi connectivity index (χ1) is 14.6. The Morgan fingerprint density at radius 3 is 2.65 bits per heavy atom. The summed E-state index contributed by atoms with van der Waals surface area (Å²) in [5, 5.41) is 1.00. The molecule has 0 amide bonds. The summed E-state index contributed by atoms with van der Waals surface area (Å²) in [6.07, 6.45) is -0.740. The molecule has 31 heavy (non-hydrogen) atoms. The van der Waals surface area contributed by atoms with E-state index in [9.17, 15) is 21.6 Å². The number of aromatic amines is 1. The topological polar surface area (TPSA) is 74.8 Å². The van der Waals surface area contributed by atoms with E-state index in [0.717, 1.165) is 17.8 Å². The molecule has 1 aliphatic carbocycles. The van der Waals surface area contributed by atoms with Crippen molar-refractivity contribution in [1.29, 1.82) is 0 Å². The maximum Gasteiger partial charge on any atom is 0.404 e. The van der Waals surface area contributed by atoms with Crippen LogP contribution < -0.4 is 4.72 Å². The van der Waals surface area contributed by atoms with Crippen LogP contribution in [0.5, 0.6) is 0 Å². The second kappa shape index (κ2) is 7.80. The highest BCUT2D eigenvalue weighted by Gasteiger charge is 2.39. The molecule has 2 N–H and O–H groups in total. The smallest absolute Gasteiger partial charge is 0.353 e. The molecule has 1 saturated carbocycles. The number of pyridine rings is 1. The molecule has 1 fully saturated rings. The van der Waals surface area contributed by atoms with Gasteiger partial charge in [-0.2, -0.15) is 17.9 Å². The molecule has 9 heteroatoms. The fourth-order valence-corrected chi connectivity index (χ4v) is 4.89. The van der Waals surface area contributed by atoms with E-state index < -0.39 is 22.2 Å². The summed E-state index contributed by atoms with van der Waals surface area (Å²) in [6.45, 7) is 4.36. The van der Waals surface area contributed by atoms with Crippen LogP contribution in [-0.2, 0) is 16.4 Å². The van der Waals surface area contributed by atoms with Gasteiger partial charge in [-0.3, -0.25) is 0 Å². The van der Waals surface area contributed by atoms with E-state index in [0.29, 0.717) is 17.3 Å². The number of hydrogen-bond donors (Lipinski definition) is 2. The van der Waals surface area contributed by atoms with Gasteiger partial charge in [0.05, 0.1) is 17.1 Å². The van der Waals surface area contributed by atoms with Crippen LogP contribution in [0.3, 0.4) is 0 Å². The largest absolute Gasteiger partial charge is 0.404 e. The van der Waals surface area contributed by atoms with Crippen LogP contribution in [0.25, 0.3) is 22.3 Å². The lowest BCUT2D eigenvalue weighted by molar-refractivity contribution is -0.147. The summed E-state index contributed by atoms with van der Waals surface area (Å²) >= 11 is 0. The third-order valence-electron chi connectivity index (χ3n) is 5.35. The normalized spacial score (nSPS) is 15.9. The van der Waals surface area contributed by atoms with Crippen molar-refractivity contribution in [3.63, 3.8) is 0 Å². The van der Waals surface area contributed by atoms with Crippen molar-refractivity contribution in [2.45, 2.75) is 49.2 Å². The van der Waals surface area contributed by atoms with Crippen molar-refractivity contribution in [1.82, 2.24) is 14.7 Å². The van der Waals surface area contributed by atoms with E-state index in [1.54, 1.807) is 4.72 Å². The predicted molar refractivity (Wildman–Crippen MR) is 113 cm³/mol. The molecular weight excluding hydrogens is 427 g/mol. The zero-order valence-electron chi connectivity index (χ0n) is 16.8. The molecule has 164 valence electrons. The van der Waals surface area contributed by atoms with Gasteiger partial charge in [0.15, 0.2) is 0 Å². The Morgan fingerprint density at radius 1 is 1.26 bits per heavy atom. The molecule has 3 aromatic rings. The highest BCUT2D eigenvalue weighted by Crippen LogP contribution is 2.41. The molecule has 0 bridgehead atoms. The second-order valence-electron chi connectivity index (χ2n) is 7.82. The third kappa shape index (κ3) is 4.52. The molecule has 4 rings (SSSR count). The van der Waals surface area contributed by atoms with Crippen LogP contribution in [0.2, 0.25) is 0 Å². The van der Waals surface area contributed by atoms with Gasteiger partial charge in [0.1, 0.15) is 10.9 Å². The van der Waals surface area contributed by atoms with E-state index >= 15 is 0 Å². The number of fused-ring (bicyclic) bond motifs is 1. The fraction of sp³-hybridized carbons (Fsp3) is 0.318. The maximum absolute atomic E-state index is 12.8. The van der Waals surface area contributed by atoms with Gasteiger partial charge < -0.3 is 4.98 Å². The van der Waals surface area contributed by atoms with Gasteiger partial charge in [-0.25, -0.2) is 13.4 Å². The number of nitrogens with zero attached hydrogens (tertiary/aromatic N) is 1. The summed E-state index contributed by atoms with van der Waals surface area (Å²) in [7, 11) is -4.42. The Morgan fingerprint density at radius 2 is 2.00 bits per heavy atom. The molecular formula is C22H22F3N3O2S. The van der Waals surface area contributed by atoms with Crippen molar-refractivity contribution < 1.29 is 21.6 Å². The molecule has 0 spiro atoms. The van der Waals surface area contributed by atoms with Crippen LogP contribution in [-0.4, -0.2) is 30.6 Å². The minimum absolute atomic E-state index is 0.0938. The lowest BCUT2D eigenvalue weighted by atomic mass is 10.1. The summed E-state index contributed by atoms with van der Waals surface area (Å²) in [6, 6.07) is 8.74. The van der Waals surface area contributed by atoms with Crippen molar-refractivity contribution in [3.05, 3.63) is 60.3 Å². The number of rotatable bonds is 7. The number of sulfonamides is 1. The number of allylic oxidation sites excluding steroid dienone is 1. The van der Waals surface area contributed by atoms with Crippen molar-refractivity contribution >= 4 is 20.9 Å². The molecule has 1 unspecified atom stereocenters. The van der Waals surface area contributed by atoms with Crippen molar-refractivity contribution in [2.24, 2.45) is 0 Å². The Kier molecular flexibility index (Phi) is 5.43. The Hall–Kier alpha value is -2.65. The van der Waals surface area contributed by atoms with E-state index in [1.807, 2.05) is 12.1 Å². The SMILES string of the molecule is C=CCc1nc(-c2cc3ccc(C4CC4)cc3[nH]2)ccc1S(=O)(=O)NC(C)C(F)(F)F. The summed E-state index contributed by atoms with van der Waals surface area (Å²) in [4.78, 5) is 7.45. The lowest BCUT2D eigenvalue weighted by Gasteiger charge is -2.18. The molecule has 2 heterocycles. The van der Waals surface area contributed by atoms with Crippen molar-refractivity contribution in [2.75, 3.05) is 0 Å². The monoisotopic (exact) mass is 449 g/mol. The summed E-state index contributed by atoms with van der Waals surface area (Å²) < 4.78 is 65.4. The molecule has 0 aliphatic heterocycles. The zero-order valence-corrected chi connectivity index (χ0v) is 17.6. The molecule has 0 saturated heterocycles. The lowest BCUT2D eigenvalue weighted by Crippen LogP contribution is -2.43. The number of halogens is 3. The van der Waals surface area contributed by atoms with Gasteiger partial charge in [-0.15, -0.1) is 6.58 Å². The first kappa shape index (κ1) is 21.6. The van der Waals surface area contributed by atoms with Crippen LogP contribution in [0, 0.1) is 0 Å². The van der Waals surface area contributed by atoms with Crippen LogP contribution in [0.1, 0.15) is 36.9 Å². The molecule has 0 radical (unpaired) electrons. The highest BCUT2D eigenvalue weighted by molar-refractivity contribution is 7.89. The van der Waals surface area contributed by atoms with E-state index in [1.165, 1.54) is 36.6 Å². The first-order valence-electron chi connectivity index (χ1n) is 9.91. The standard InChI is InChI=1S/C22H22F3N3O2S/c1-3-4-18-21(31(29,30)28-13(2)22(23,24)25)10-9-17(26-18)20-12-16-8-7-15(14-5-6-14)11-19(16)27-20/h3,7-14,27-28H,1,4-6H2,2H3. The van der Waals surface area contributed by atoms with E-state index in [2.05, 4.69) is 28.7 Å². The number of alkyl halides is 3. The Labute approximate surface area is 178 Å². The zero-order chi connectivity index (χ0) is 22.4. The van der Waals surface area contributed by atoms with Gasteiger partial charge in [0, 0.05) is 17.3 Å². The van der Waals surface area contributed by atoms with Gasteiger partial charge in [0.2, 0.25) is 10.0 Å². The Balaban J connectivity index is 1.70. The van der Waals surface area contributed by atoms with Crippen LogP contribution in [0.4, 0.5) is 13.2 Å². The number of benzene rings is 1. The second-order valence-corrected chi connectivity index (χ2v) is 9.51. The summed E-state index contributed by atoms with van der Waals surface area (Å²) in [5.41, 5.74) is 3.58. The average Bonchev–Trinajstić information content (AvgIpc) is 3.45. The molecule has 2 aromatic heterocycles. The average molecular weight is 449 g/mol. The molecule has 5 nitrogen and oxygen atoms in total. The van der Waals surface area contributed by atoms with Gasteiger partial charge in [-0.05, 0) is 55.5 Å². The third-order valence-corrected chi connectivity index (χ3v) is 6.97. The van der Waals surface area contributed by atoms with Gasteiger partial charge >= 0.3 is 6.18 Å². The molecule has 1 aromatic carbocycles. The highest BCUT2D eigenvalue weighted by atomic mass is 32.2. The number of H-pyrrole nitrogens is 1. The van der Waals surface area contributed by atoms with E-state index in [-0.39, 0.29) is 17.0 Å². The van der Waals surface area contributed by atoms with Gasteiger partial charge in [-0.1, -0.05) is 18.2 Å². The quantitative estimate of drug-likeness (QED) is 0.495.